The summed E-state index contributed by atoms with van der Waals surface area (Å²) in [5, 5.41) is 6.76. The van der Waals surface area contributed by atoms with Gasteiger partial charge in [0.15, 0.2) is 6.61 Å². The highest BCUT2D eigenvalue weighted by molar-refractivity contribution is 5.97. The summed E-state index contributed by atoms with van der Waals surface area (Å²) in [7, 11) is 0. The zero-order valence-corrected chi connectivity index (χ0v) is 13.0. The standard InChI is InChI=1S/C16H20N4O3/c1-10-18-15(20-23-10)9-22-14-5-3-2-4-12(14)16(21)19-13(8-17)11-6-7-11/h2-5,11,13H,6-9,17H2,1H3,(H,19,21). The quantitative estimate of drug-likeness (QED) is 0.801. The van der Waals surface area contributed by atoms with Crippen LogP contribution in [0.25, 0.3) is 0 Å². The molecule has 122 valence electrons. The molecule has 23 heavy (non-hydrogen) atoms. The van der Waals surface area contributed by atoms with Crippen LogP contribution >= 0.6 is 0 Å². The Bertz CT molecular complexity index is 681. The van der Waals surface area contributed by atoms with Gasteiger partial charge in [0.25, 0.3) is 5.91 Å². The number of aryl methyl sites for hydroxylation is 1. The Morgan fingerprint density at radius 2 is 2.26 bits per heavy atom. The third-order valence-corrected chi connectivity index (χ3v) is 3.82. The first-order valence-corrected chi connectivity index (χ1v) is 7.69. The molecule has 2 aromatic rings. The fourth-order valence-electron chi connectivity index (χ4n) is 2.44. The van der Waals surface area contributed by atoms with Crippen molar-refractivity contribution in [3.63, 3.8) is 0 Å². The van der Waals surface area contributed by atoms with Crippen molar-refractivity contribution in [3.8, 4) is 5.75 Å². The molecule has 3 N–H and O–H groups in total. The van der Waals surface area contributed by atoms with Gasteiger partial charge in [0, 0.05) is 19.5 Å². The number of benzene rings is 1. The van der Waals surface area contributed by atoms with Crippen molar-refractivity contribution in [2.24, 2.45) is 11.7 Å². The van der Waals surface area contributed by atoms with E-state index in [0.717, 1.165) is 12.8 Å². The van der Waals surface area contributed by atoms with E-state index in [4.69, 9.17) is 15.0 Å². The van der Waals surface area contributed by atoms with E-state index in [0.29, 0.717) is 35.5 Å². The molecule has 3 rings (SSSR count). The lowest BCUT2D eigenvalue weighted by Crippen LogP contribution is -2.41. The molecule has 1 atom stereocenters. The van der Waals surface area contributed by atoms with E-state index >= 15 is 0 Å². The number of hydrogen-bond donors (Lipinski definition) is 2. The van der Waals surface area contributed by atoms with Crippen LogP contribution < -0.4 is 15.8 Å². The smallest absolute Gasteiger partial charge is 0.255 e. The molecule has 0 radical (unpaired) electrons. The first kappa shape index (κ1) is 15.5. The monoisotopic (exact) mass is 316 g/mol. The van der Waals surface area contributed by atoms with E-state index in [9.17, 15) is 4.79 Å². The summed E-state index contributed by atoms with van der Waals surface area (Å²) in [6.45, 7) is 2.30. The number of ether oxygens (including phenoxy) is 1. The van der Waals surface area contributed by atoms with Gasteiger partial charge in [-0.2, -0.15) is 4.98 Å². The van der Waals surface area contributed by atoms with Crippen LogP contribution in [-0.4, -0.2) is 28.6 Å². The molecular weight excluding hydrogens is 296 g/mol. The molecule has 1 aromatic heterocycles. The Morgan fingerprint density at radius 3 is 2.91 bits per heavy atom. The van der Waals surface area contributed by atoms with Crippen LogP contribution in [0.5, 0.6) is 5.75 Å². The minimum atomic E-state index is -0.174. The van der Waals surface area contributed by atoms with Crippen LogP contribution in [0.1, 0.15) is 34.9 Å². The molecule has 0 spiro atoms. The molecule has 1 amide bonds. The summed E-state index contributed by atoms with van der Waals surface area (Å²) in [6.07, 6.45) is 2.24. The summed E-state index contributed by atoms with van der Waals surface area (Å²) in [5.41, 5.74) is 6.22. The average Bonchev–Trinajstić information content (AvgIpc) is 3.32. The number of nitrogens with zero attached hydrogens (tertiary/aromatic N) is 2. The van der Waals surface area contributed by atoms with Crippen LogP contribution in [0.3, 0.4) is 0 Å². The number of aromatic nitrogens is 2. The van der Waals surface area contributed by atoms with Crippen molar-refractivity contribution in [1.29, 1.82) is 0 Å². The SMILES string of the molecule is Cc1nc(COc2ccccc2C(=O)NC(CN)C2CC2)no1. The van der Waals surface area contributed by atoms with Crippen LogP contribution in [0.15, 0.2) is 28.8 Å². The molecule has 0 saturated heterocycles. The predicted molar refractivity (Wildman–Crippen MR) is 82.8 cm³/mol. The van der Waals surface area contributed by atoms with Crippen molar-refractivity contribution >= 4 is 5.91 Å². The predicted octanol–water partition coefficient (Wildman–Crippen LogP) is 1.42. The fourth-order valence-corrected chi connectivity index (χ4v) is 2.44. The van der Waals surface area contributed by atoms with Crippen LogP contribution in [0.2, 0.25) is 0 Å². The second-order valence-corrected chi connectivity index (χ2v) is 5.67. The summed E-state index contributed by atoms with van der Waals surface area (Å²) < 4.78 is 10.6. The average molecular weight is 316 g/mol. The summed E-state index contributed by atoms with van der Waals surface area (Å²) in [4.78, 5) is 16.6. The molecule has 1 aromatic carbocycles. The Labute approximate surface area is 134 Å². The van der Waals surface area contributed by atoms with E-state index in [1.807, 2.05) is 6.07 Å². The second kappa shape index (κ2) is 6.78. The molecule has 1 unspecified atom stereocenters. The minimum Gasteiger partial charge on any atom is -0.485 e. The maximum atomic E-state index is 12.5. The molecule has 1 heterocycles. The van der Waals surface area contributed by atoms with Crippen molar-refractivity contribution in [3.05, 3.63) is 41.5 Å². The molecule has 0 aliphatic heterocycles. The highest BCUT2D eigenvalue weighted by Crippen LogP contribution is 2.32. The van der Waals surface area contributed by atoms with E-state index in [-0.39, 0.29) is 18.6 Å². The zero-order chi connectivity index (χ0) is 16.2. The number of carbonyl (C=O) groups excluding carboxylic acids is 1. The van der Waals surface area contributed by atoms with Crippen molar-refractivity contribution in [2.45, 2.75) is 32.4 Å². The van der Waals surface area contributed by atoms with Crippen molar-refractivity contribution in [2.75, 3.05) is 6.54 Å². The third-order valence-electron chi connectivity index (χ3n) is 3.82. The second-order valence-electron chi connectivity index (χ2n) is 5.67. The third kappa shape index (κ3) is 3.87. The Morgan fingerprint density at radius 1 is 1.48 bits per heavy atom. The van der Waals surface area contributed by atoms with E-state index < -0.39 is 0 Å². The molecule has 0 bridgehead atoms. The number of rotatable bonds is 7. The minimum absolute atomic E-state index is 0.0235. The van der Waals surface area contributed by atoms with Gasteiger partial charge in [0.2, 0.25) is 11.7 Å². The molecule has 7 heteroatoms. The lowest BCUT2D eigenvalue weighted by molar-refractivity contribution is 0.0928. The number of amides is 1. The zero-order valence-electron chi connectivity index (χ0n) is 13.0. The summed E-state index contributed by atoms with van der Waals surface area (Å²) >= 11 is 0. The summed E-state index contributed by atoms with van der Waals surface area (Å²) in [5.74, 6) is 1.73. The Balaban J connectivity index is 1.67. The Kier molecular flexibility index (Phi) is 4.57. The Hall–Kier alpha value is -2.41. The molecular formula is C16H20N4O3. The van der Waals surface area contributed by atoms with Gasteiger partial charge >= 0.3 is 0 Å². The lowest BCUT2D eigenvalue weighted by atomic mass is 10.1. The van der Waals surface area contributed by atoms with Crippen molar-refractivity contribution < 1.29 is 14.1 Å². The van der Waals surface area contributed by atoms with E-state index in [2.05, 4.69) is 15.5 Å². The molecule has 1 aliphatic carbocycles. The summed E-state index contributed by atoms with van der Waals surface area (Å²) in [6, 6.07) is 7.11. The van der Waals surface area contributed by atoms with Crippen molar-refractivity contribution in [1.82, 2.24) is 15.5 Å². The first-order chi connectivity index (χ1) is 11.2. The molecule has 1 aliphatic rings. The van der Waals surface area contributed by atoms with Gasteiger partial charge in [0.05, 0.1) is 5.56 Å². The fraction of sp³-hybridized carbons (Fsp3) is 0.438. The van der Waals surface area contributed by atoms with Gasteiger partial charge in [-0.25, -0.2) is 0 Å². The maximum Gasteiger partial charge on any atom is 0.255 e. The topological polar surface area (TPSA) is 103 Å². The van der Waals surface area contributed by atoms with Gasteiger partial charge < -0.3 is 20.3 Å². The number of carbonyl (C=O) groups is 1. The maximum absolute atomic E-state index is 12.5. The van der Waals surface area contributed by atoms with Gasteiger partial charge in [0.1, 0.15) is 5.75 Å². The highest BCUT2D eigenvalue weighted by Gasteiger charge is 2.31. The highest BCUT2D eigenvalue weighted by atomic mass is 16.5. The van der Waals surface area contributed by atoms with Crippen LogP contribution in [-0.2, 0) is 6.61 Å². The van der Waals surface area contributed by atoms with Crippen LogP contribution in [0, 0.1) is 12.8 Å². The first-order valence-electron chi connectivity index (χ1n) is 7.69. The van der Waals surface area contributed by atoms with Gasteiger partial charge in [-0.3, -0.25) is 4.79 Å². The number of nitrogens with one attached hydrogen (secondary N) is 1. The van der Waals surface area contributed by atoms with Gasteiger partial charge in [-0.1, -0.05) is 17.3 Å². The largest absolute Gasteiger partial charge is 0.485 e. The number of nitrogens with two attached hydrogens (primary N) is 1. The van der Waals surface area contributed by atoms with Gasteiger partial charge in [-0.15, -0.1) is 0 Å². The van der Waals surface area contributed by atoms with Gasteiger partial charge in [-0.05, 0) is 30.9 Å². The molecule has 7 nitrogen and oxygen atoms in total. The van der Waals surface area contributed by atoms with Crippen LogP contribution in [0.4, 0.5) is 0 Å². The molecule has 1 fully saturated rings. The molecule has 1 saturated carbocycles. The number of hydrogen-bond acceptors (Lipinski definition) is 6. The van der Waals surface area contributed by atoms with E-state index in [1.165, 1.54) is 0 Å². The number of para-hydroxylation sites is 1. The lowest BCUT2D eigenvalue weighted by Gasteiger charge is -2.17. The normalized spacial score (nSPS) is 15.2. The van der Waals surface area contributed by atoms with E-state index in [1.54, 1.807) is 25.1 Å².